The maximum absolute atomic E-state index is 12.2. The van der Waals surface area contributed by atoms with Crippen LogP contribution in [0.15, 0.2) is 48.7 Å². The van der Waals surface area contributed by atoms with E-state index in [0.29, 0.717) is 18.5 Å². The monoisotopic (exact) mass is 324 g/mol. The van der Waals surface area contributed by atoms with Crippen LogP contribution < -0.4 is 5.32 Å². The molecule has 0 radical (unpaired) electrons. The fraction of sp³-hybridized carbons (Fsp3) is 0.350. The molecule has 24 heavy (non-hydrogen) atoms. The van der Waals surface area contributed by atoms with Gasteiger partial charge in [-0.15, -0.1) is 0 Å². The highest BCUT2D eigenvalue weighted by Crippen LogP contribution is 2.09. The fourth-order valence-corrected chi connectivity index (χ4v) is 2.36. The van der Waals surface area contributed by atoms with Crippen LogP contribution in [0.2, 0.25) is 0 Å². The van der Waals surface area contributed by atoms with Crippen LogP contribution in [0.5, 0.6) is 0 Å². The number of carbonyl (C=O) groups is 2. The Morgan fingerprint density at radius 1 is 1.04 bits per heavy atom. The average molecular weight is 324 g/mol. The Morgan fingerprint density at radius 3 is 2.42 bits per heavy atom. The van der Waals surface area contributed by atoms with Crippen molar-refractivity contribution in [3.8, 4) is 0 Å². The summed E-state index contributed by atoms with van der Waals surface area (Å²) in [7, 11) is 0. The Hall–Kier alpha value is -2.49. The van der Waals surface area contributed by atoms with Crippen LogP contribution in [0.3, 0.4) is 0 Å². The first kappa shape index (κ1) is 17.9. The molecule has 1 N–H and O–H groups in total. The zero-order valence-corrected chi connectivity index (χ0v) is 14.5. The van der Waals surface area contributed by atoms with Crippen molar-refractivity contribution in [2.45, 2.75) is 45.6 Å². The molecule has 0 saturated heterocycles. The summed E-state index contributed by atoms with van der Waals surface area (Å²) < 4.78 is 0. The lowest BCUT2D eigenvalue weighted by molar-refractivity contribution is -0.118. The second-order valence-electron chi connectivity index (χ2n) is 6.95. The lowest BCUT2D eigenvalue weighted by Gasteiger charge is -2.20. The highest BCUT2D eigenvalue weighted by atomic mass is 16.2. The van der Waals surface area contributed by atoms with Gasteiger partial charge in [0.05, 0.1) is 0 Å². The number of rotatable bonds is 6. The molecule has 4 heteroatoms. The van der Waals surface area contributed by atoms with Crippen LogP contribution >= 0.6 is 0 Å². The molecule has 0 saturated carbocycles. The molecule has 0 atom stereocenters. The first-order valence-electron chi connectivity index (χ1n) is 8.16. The quantitative estimate of drug-likeness (QED) is 0.886. The molecule has 0 unspecified atom stereocenters. The van der Waals surface area contributed by atoms with E-state index in [1.54, 1.807) is 18.3 Å². The number of pyridine rings is 1. The first-order valence-corrected chi connectivity index (χ1v) is 8.16. The topological polar surface area (TPSA) is 59.1 Å². The Balaban J connectivity index is 1.94. The first-order chi connectivity index (χ1) is 11.3. The Labute approximate surface area is 143 Å². The van der Waals surface area contributed by atoms with Gasteiger partial charge in [-0.2, -0.15) is 0 Å². The molecule has 0 aliphatic heterocycles. The number of amides is 1. The zero-order chi connectivity index (χ0) is 17.6. The molecule has 2 aromatic rings. The third-order valence-corrected chi connectivity index (χ3v) is 3.48. The highest BCUT2D eigenvalue weighted by Gasteiger charge is 2.16. The fourth-order valence-electron chi connectivity index (χ4n) is 2.36. The third kappa shape index (κ3) is 5.95. The van der Waals surface area contributed by atoms with E-state index in [0.717, 1.165) is 17.5 Å². The lowest BCUT2D eigenvalue weighted by Crippen LogP contribution is -2.40. The molecule has 2 rings (SSSR count). The van der Waals surface area contributed by atoms with Crippen LogP contribution in [0.4, 0.5) is 0 Å². The number of nitrogens with zero attached hydrogens (tertiary/aromatic N) is 1. The molecule has 126 valence electrons. The highest BCUT2D eigenvalue weighted by molar-refractivity contribution is 5.93. The Kier molecular flexibility index (Phi) is 5.85. The number of benzene rings is 1. The summed E-state index contributed by atoms with van der Waals surface area (Å²) in [5.74, 6) is -0.0617. The molecule has 0 aliphatic rings. The van der Waals surface area contributed by atoms with Gasteiger partial charge >= 0.3 is 0 Å². The van der Waals surface area contributed by atoms with Crippen molar-refractivity contribution in [2.75, 3.05) is 0 Å². The summed E-state index contributed by atoms with van der Waals surface area (Å²) in [6.45, 7) is 5.76. The normalized spacial score (nSPS) is 11.1. The predicted molar refractivity (Wildman–Crippen MR) is 94.9 cm³/mol. The minimum Gasteiger partial charge on any atom is -0.346 e. The minimum atomic E-state index is -0.319. The third-order valence-electron chi connectivity index (χ3n) is 3.48. The second kappa shape index (κ2) is 7.86. The minimum absolute atomic E-state index is 0.159. The summed E-state index contributed by atoms with van der Waals surface area (Å²) in [6.07, 6.45) is 3.14. The maximum Gasteiger partial charge on any atom is 0.270 e. The summed E-state index contributed by atoms with van der Waals surface area (Å²) in [6, 6.07) is 13.4. The molecule has 1 aromatic carbocycles. The van der Waals surface area contributed by atoms with Crippen LogP contribution in [0.1, 0.15) is 48.8 Å². The maximum atomic E-state index is 12.2. The van der Waals surface area contributed by atoms with Crippen molar-refractivity contribution in [1.29, 1.82) is 0 Å². The standard InChI is InChI=1S/C20H24N2O2/c1-20(2,3)22-19(24)18-14-16(11-12-21-18)13-17(23)10-9-15-7-5-4-6-8-15/h4-8,11-12,14H,9-10,13H2,1-3H3,(H,22,24). The van der Waals surface area contributed by atoms with Gasteiger partial charge in [0, 0.05) is 24.6 Å². The van der Waals surface area contributed by atoms with E-state index in [9.17, 15) is 9.59 Å². The number of aromatic nitrogens is 1. The molecule has 1 heterocycles. The SMILES string of the molecule is CC(C)(C)NC(=O)c1cc(CC(=O)CCc2ccccc2)ccn1. The van der Waals surface area contributed by atoms with E-state index >= 15 is 0 Å². The number of hydrogen-bond donors (Lipinski definition) is 1. The summed E-state index contributed by atoms with van der Waals surface area (Å²) in [4.78, 5) is 28.4. The number of carbonyl (C=O) groups excluding carboxylic acids is 2. The van der Waals surface area contributed by atoms with Gasteiger partial charge in [0.2, 0.25) is 0 Å². The molecule has 0 spiro atoms. The molecule has 1 aromatic heterocycles. The molecule has 0 bridgehead atoms. The van der Waals surface area contributed by atoms with Gasteiger partial charge in [-0.25, -0.2) is 0 Å². The molecule has 4 nitrogen and oxygen atoms in total. The number of aryl methyl sites for hydroxylation is 1. The lowest BCUT2D eigenvalue weighted by atomic mass is 10.0. The van der Waals surface area contributed by atoms with E-state index in [4.69, 9.17) is 0 Å². The van der Waals surface area contributed by atoms with E-state index in [1.807, 2.05) is 51.1 Å². The van der Waals surface area contributed by atoms with Gasteiger partial charge in [0.15, 0.2) is 0 Å². The van der Waals surface area contributed by atoms with Crippen LogP contribution in [0.25, 0.3) is 0 Å². The molecular weight excluding hydrogens is 300 g/mol. The van der Waals surface area contributed by atoms with E-state index < -0.39 is 0 Å². The molecule has 0 fully saturated rings. The predicted octanol–water partition coefficient (Wildman–Crippen LogP) is 3.35. The van der Waals surface area contributed by atoms with Gasteiger partial charge in [-0.05, 0) is 50.5 Å². The van der Waals surface area contributed by atoms with Crippen molar-refractivity contribution in [1.82, 2.24) is 10.3 Å². The van der Waals surface area contributed by atoms with Gasteiger partial charge in [-0.1, -0.05) is 30.3 Å². The zero-order valence-electron chi connectivity index (χ0n) is 14.5. The van der Waals surface area contributed by atoms with Crippen molar-refractivity contribution < 1.29 is 9.59 Å². The number of Topliss-reactive ketones (excluding diaryl/α,β-unsaturated/α-hetero) is 1. The number of ketones is 1. The number of nitrogens with one attached hydrogen (secondary N) is 1. The van der Waals surface area contributed by atoms with Crippen LogP contribution in [-0.2, 0) is 17.6 Å². The summed E-state index contributed by atoms with van der Waals surface area (Å²) in [5.41, 5.74) is 2.01. The largest absolute Gasteiger partial charge is 0.346 e. The van der Waals surface area contributed by atoms with Crippen LogP contribution in [-0.4, -0.2) is 22.2 Å². The molecular formula is C20H24N2O2. The molecule has 1 amide bonds. The van der Waals surface area contributed by atoms with Crippen LogP contribution in [0, 0.1) is 0 Å². The summed E-state index contributed by atoms with van der Waals surface area (Å²) >= 11 is 0. The Bertz CT molecular complexity index is 703. The van der Waals surface area contributed by atoms with Gasteiger partial charge in [0.1, 0.15) is 11.5 Å². The van der Waals surface area contributed by atoms with E-state index in [-0.39, 0.29) is 17.2 Å². The van der Waals surface area contributed by atoms with Crippen molar-refractivity contribution in [3.05, 3.63) is 65.5 Å². The average Bonchev–Trinajstić information content (AvgIpc) is 2.52. The van der Waals surface area contributed by atoms with Gasteiger partial charge in [-0.3, -0.25) is 14.6 Å². The summed E-state index contributed by atoms with van der Waals surface area (Å²) in [5, 5.41) is 2.88. The second-order valence-corrected chi connectivity index (χ2v) is 6.95. The van der Waals surface area contributed by atoms with Crippen molar-refractivity contribution >= 4 is 11.7 Å². The van der Waals surface area contributed by atoms with Crippen molar-refractivity contribution in [3.63, 3.8) is 0 Å². The van der Waals surface area contributed by atoms with Gasteiger partial charge in [0.25, 0.3) is 5.91 Å². The van der Waals surface area contributed by atoms with Gasteiger partial charge < -0.3 is 5.32 Å². The van der Waals surface area contributed by atoms with E-state index in [1.165, 1.54) is 0 Å². The molecule has 0 aliphatic carbocycles. The van der Waals surface area contributed by atoms with Crippen molar-refractivity contribution in [2.24, 2.45) is 0 Å². The van der Waals surface area contributed by atoms with E-state index in [2.05, 4.69) is 10.3 Å². The Morgan fingerprint density at radius 2 is 1.75 bits per heavy atom. The smallest absolute Gasteiger partial charge is 0.270 e. The number of hydrogen-bond acceptors (Lipinski definition) is 3.